The summed E-state index contributed by atoms with van der Waals surface area (Å²) in [6.45, 7) is 3.93. The van der Waals surface area contributed by atoms with E-state index in [1.165, 1.54) is 7.11 Å². The van der Waals surface area contributed by atoms with Crippen LogP contribution >= 0.6 is 0 Å². The lowest BCUT2D eigenvalue weighted by Crippen LogP contribution is -2.45. The predicted molar refractivity (Wildman–Crippen MR) is 94.7 cm³/mol. The molecule has 2 aromatic rings. The third-order valence-corrected chi connectivity index (χ3v) is 6.46. The molecule has 1 aromatic heterocycles. The van der Waals surface area contributed by atoms with E-state index in [1.54, 1.807) is 18.5 Å². The first-order chi connectivity index (χ1) is 11.8. The summed E-state index contributed by atoms with van der Waals surface area (Å²) in [5.74, 6) is -0.751. The van der Waals surface area contributed by atoms with Gasteiger partial charge in [-0.25, -0.2) is 13.4 Å². The topological polar surface area (TPSA) is 90.3 Å². The molecule has 0 radical (unpaired) electrons. The molecule has 3 rings (SSSR count). The highest BCUT2D eigenvalue weighted by molar-refractivity contribution is 7.91. The highest BCUT2D eigenvalue weighted by atomic mass is 32.2. The van der Waals surface area contributed by atoms with Crippen molar-refractivity contribution >= 4 is 21.4 Å². The number of ether oxygens (including phenoxy) is 1. The number of hydrogen-bond donors (Lipinski definition) is 1. The molecule has 1 saturated heterocycles. The van der Waals surface area contributed by atoms with Crippen molar-refractivity contribution in [2.24, 2.45) is 0 Å². The fourth-order valence-corrected chi connectivity index (χ4v) is 4.85. The van der Waals surface area contributed by atoms with E-state index >= 15 is 0 Å². The number of imidazole rings is 1. The Labute approximate surface area is 146 Å². The average molecular weight is 363 g/mol. The molecule has 25 heavy (non-hydrogen) atoms. The second-order valence-corrected chi connectivity index (χ2v) is 8.51. The Morgan fingerprint density at radius 1 is 1.28 bits per heavy atom. The maximum Gasteiger partial charge on any atom is 0.257 e. The van der Waals surface area contributed by atoms with Gasteiger partial charge in [-0.05, 0) is 38.1 Å². The lowest BCUT2D eigenvalue weighted by atomic mass is 10.0. The van der Waals surface area contributed by atoms with Gasteiger partial charge in [0.1, 0.15) is 0 Å². The van der Waals surface area contributed by atoms with Crippen LogP contribution in [0.1, 0.15) is 17.8 Å². The van der Waals surface area contributed by atoms with E-state index in [0.29, 0.717) is 5.69 Å². The summed E-state index contributed by atoms with van der Waals surface area (Å²) in [6.07, 6.45) is 1.92. The van der Waals surface area contributed by atoms with E-state index < -0.39 is 21.3 Å². The molecule has 134 valence electrons. The van der Waals surface area contributed by atoms with Crippen LogP contribution in [0.5, 0.6) is 0 Å². The summed E-state index contributed by atoms with van der Waals surface area (Å²) >= 11 is 0. The highest BCUT2D eigenvalue weighted by Crippen LogP contribution is 2.28. The smallest absolute Gasteiger partial charge is 0.257 e. The number of aromatic nitrogens is 2. The first-order valence-corrected chi connectivity index (χ1v) is 9.76. The Balaban J connectivity index is 1.77. The number of rotatable bonds is 4. The van der Waals surface area contributed by atoms with Crippen LogP contribution in [0.4, 0.5) is 5.69 Å². The number of nitrogens with one attached hydrogen (secondary N) is 1. The molecule has 1 unspecified atom stereocenters. The van der Waals surface area contributed by atoms with Crippen LogP contribution in [-0.2, 0) is 19.4 Å². The minimum atomic E-state index is -3.24. The third kappa shape index (κ3) is 3.32. The van der Waals surface area contributed by atoms with Gasteiger partial charge in [0.15, 0.2) is 15.4 Å². The summed E-state index contributed by atoms with van der Waals surface area (Å²) in [5.41, 5.74) is 2.22. The zero-order valence-corrected chi connectivity index (χ0v) is 15.3. The fourth-order valence-electron chi connectivity index (χ4n) is 2.96. The number of hydrogen-bond acceptors (Lipinski definition) is 5. The van der Waals surface area contributed by atoms with E-state index in [9.17, 15) is 13.2 Å². The van der Waals surface area contributed by atoms with Crippen LogP contribution in [-0.4, -0.2) is 48.1 Å². The molecule has 1 N–H and O–H groups in total. The number of aryl methyl sites for hydroxylation is 1. The largest absolute Gasteiger partial charge is 0.367 e. The SMILES string of the molecule is COC1(C(=O)Nc2ccc(-n3cnc(C)c3C)cc2)CCS(=O)(=O)C1. The molecular weight excluding hydrogens is 342 g/mol. The second kappa shape index (κ2) is 6.27. The van der Waals surface area contributed by atoms with Gasteiger partial charge in [0.25, 0.3) is 5.91 Å². The van der Waals surface area contributed by atoms with E-state index in [-0.39, 0.29) is 17.9 Å². The molecule has 0 bridgehead atoms. The van der Waals surface area contributed by atoms with Crippen LogP contribution in [0, 0.1) is 13.8 Å². The van der Waals surface area contributed by atoms with Gasteiger partial charge in [-0.15, -0.1) is 0 Å². The molecule has 1 atom stereocenters. The maximum absolute atomic E-state index is 12.6. The number of anilines is 1. The summed E-state index contributed by atoms with van der Waals surface area (Å²) in [4.78, 5) is 16.8. The van der Waals surface area contributed by atoms with E-state index in [4.69, 9.17) is 4.74 Å². The van der Waals surface area contributed by atoms with Gasteiger partial charge < -0.3 is 14.6 Å². The average Bonchev–Trinajstić information content (AvgIpc) is 3.09. The number of amides is 1. The van der Waals surface area contributed by atoms with Crippen molar-refractivity contribution in [3.63, 3.8) is 0 Å². The Morgan fingerprint density at radius 3 is 2.44 bits per heavy atom. The van der Waals surface area contributed by atoms with E-state index in [0.717, 1.165) is 17.1 Å². The minimum absolute atomic E-state index is 0.0353. The van der Waals surface area contributed by atoms with Crippen molar-refractivity contribution in [3.8, 4) is 5.69 Å². The fraction of sp³-hybridized carbons (Fsp3) is 0.412. The molecule has 0 saturated carbocycles. The molecule has 0 aliphatic carbocycles. The van der Waals surface area contributed by atoms with Crippen LogP contribution in [0.25, 0.3) is 5.69 Å². The van der Waals surface area contributed by atoms with Gasteiger partial charge in [0.2, 0.25) is 0 Å². The Kier molecular flexibility index (Phi) is 4.42. The number of sulfone groups is 1. The number of carbonyl (C=O) groups is 1. The standard InChI is InChI=1S/C17H21N3O4S/c1-12-13(2)20(11-18-12)15-6-4-14(5-7-15)19-16(21)17(24-3)8-9-25(22,23)10-17/h4-7,11H,8-10H2,1-3H3,(H,19,21). The van der Waals surface area contributed by atoms with Crippen LogP contribution in [0.15, 0.2) is 30.6 Å². The summed E-state index contributed by atoms with van der Waals surface area (Å²) in [5, 5.41) is 2.76. The molecule has 1 aliphatic heterocycles. The lowest BCUT2D eigenvalue weighted by molar-refractivity contribution is -0.134. The third-order valence-electron chi connectivity index (χ3n) is 4.73. The van der Waals surface area contributed by atoms with Gasteiger partial charge in [-0.2, -0.15) is 0 Å². The van der Waals surface area contributed by atoms with Gasteiger partial charge >= 0.3 is 0 Å². The Bertz CT molecular complexity index is 902. The van der Waals surface area contributed by atoms with Crippen LogP contribution in [0.3, 0.4) is 0 Å². The van der Waals surface area contributed by atoms with Crippen molar-refractivity contribution < 1.29 is 17.9 Å². The normalized spacial score (nSPS) is 22.0. The molecule has 1 amide bonds. The quantitative estimate of drug-likeness (QED) is 0.892. The highest BCUT2D eigenvalue weighted by Gasteiger charge is 2.48. The van der Waals surface area contributed by atoms with Crippen molar-refractivity contribution in [2.75, 3.05) is 23.9 Å². The molecule has 0 spiro atoms. The monoisotopic (exact) mass is 363 g/mol. The molecule has 2 heterocycles. The molecule has 1 aromatic carbocycles. The van der Waals surface area contributed by atoms with Gasteiger partial charge in [0, 0.05) is 30.6 Å². The van der Waals surface area contributed by atoms with E-state index in [1.807, 2.05) is 30.5 Å². The van der Waals surface area contributed by atoms with E-state index in [2.05, 4.69) is 10.3 Å². The van der Waals surface area contributed by atoms with Gasteiger partial charge in [-0.1, -0.05) is 0 Å². The summed E-state index contributed by atoms with van der Waals surface area (Å²) in [7, 11) is -1.88. The lowest BCUT2D eigenvalue weighted by Gasteiger charge is -2.24. The number of methoxy groups -OCH3 is 1. The Hall–Kier alpha value is -2.19. The van der Waals surface area contributed by atoms with Crippen molar-refractivity contribution in [1.82, 2.24) is 9.55 Å². The van der Waals surface area contributed by atoms with Crippen molar-refractivity contribution in [3.05, 3.63) is 42.0 Å². The molecule has 1 aliphatic rings. The summed E-state index contributed by atoms with van der Waals surface area (Å²) in [6, 6.07) is 7.28. The molecule has 8 heteroatoms. The predicted octanol–water partition coefficient (Wildman–Crippen LogP) is 1.63. The zero-order chi connectivity index (χ0) is 18.2. The second-order valence-electron chi connectivity index (χ2n) is 6.33. The van der Waals surface area contributed by atoms with Crippen molar-refractivity contribution in [1.29, 1.82) is 0 Å². The number of nitrogens with zero attached hydrogens (tertiary/aromatic N) is 2. The summed E-state index contributed by atoms with van der Waals surface area (Å²) < 4.78 is 30.7. The molecule has 1 fully saturated rings. The maximum atomic E-state index is 12.6. The first-order valence-electron chi connectivity index (χ1n) is 7.94. The zero-order valence-electron chi connectivity index (χ0n) is 14.4. The number of benzene rings is 1. The van der Waals surface area contributed by atoms with Crippen LogP contribution in [0.2, 0.25) is 0 Å². The number of carbonyl (C=O) groups excluding carboxylic acids is 1. The minimum Gasteiger partial charge on any atom is -0.367 e. The molecular formula is C17H21N3O4S. The van der Waals surface area contributed by atoms with Crippen LogP contribution < -0.4 is 5.32 Å². The van der Waals surface area contributed by atoms with Gasteiger partial charge in [-0.3, -0.25) is 4.79 Å². The van der Waals surface area contributed by atoms with Crippen molar-refractivity contribution in [2.45, 2.75) is 25.9 Å². The molecule has 7 nitrogen and oxygen atoms in total. The first kappa shape index (κ1) is 17.6. The van der Waals surface area contributed by atoms with Gasteiger partial charge in [0.05, 0.1) is 23.5 Å². The Morgan fingerprint density at radius 2 is 1.96 bits per heavy atom.